The zero-order valence-electron chi connectivity index (χ0n) is 19.8. The van der Waals surface area contributed by atoms with Crippen LogP contribution in [-0.4, -0.2) is 35.4 Å². The number of carbonyl (C=O) groups is 2. The van der Waals surface area contributed by atoms with Gasteiger partial charge in [0.25, 0.3) is 0 Å². The average molecular weight is 489 g/mol. The summed E-state index contributed by atoms with van der Waals surface area (Å²) in [4.78, 5) is 28.1. The third kappa shape index (κ3) is 8.01. The van der Waals surface area contributed by atoms with Crippen LogP contribution in [0.3, 0.4) is 0 Å². The molecule has 0 aromatic heterocycles. The molecule has 5 nitrogen and oxygen atoms in total. The lowest BCUT2D eigenvalue weighted by molar-refractivity contribution is -0.142. The molecule has 0 spiro atoms. The van der Waals surface area contributed by atoms with Gasteiger partial charge in [-0.2, -0.15) is 0 Å². The average Bonchev–Trinajstić information content (AvgIpc) is 2.84. The van der Waals surface area contributed by atoms with Crippen molar-refractivity contribution in [2.45, 2.75) is 76.9 Å². The van der Waals surface area contributed by atoms with Gasteiger partial charge in [0.05, 0.1) is 6.61 Å². The molecular formula is C27H34ClFN2O3. The van der Waals surface area contributed by atoms with Crippen molar-refractivity contribution in [2.75, 3.05) is 6.61 Å². The summed E-state index contributed by atoms with van der Waals surface area (Å²) in [6.07, 6.45) is 6.68. The molecule has 2 amide bonds. The summed E-state index contributed by atoms with van der Waals surface area (Å²) in [6, 6.07) is 12.7. The standard InChI is InChI=1S/C27H34ClFN2O3/c1-2-25(27(33)30-23-7-4-3-5-8-23)31(19-20-10-14-22(29)15-11-20)26(32)9-6-18-34-24-16-12-21(28)13-17-24/h10-17,23,25H,2-9,18-19H2,1H3,(H,30,33). The second kappa shape index (κ2) is 13.3. The first-order chi connectivity index (χ1) is 16.5. The van der Waals surface area contributed by atoms with Gasteiger partial charge in [-0.25, -0.2) is 4.39 Å². The summed E-state index contributed by atoms with van der Waals surface area (Å²) in [5, 5.41) is 3.80. The third-order valence-electron chi connectivity index (χ3n) is 6.22. The van der Waals surface area contributed by atoms with Crippen LogP contribution < -0.4 is 10.1 Å². The maximum absolute atomic E-state index is 13.4. The molecule has 2 aromatic rings. The smallest absolute Gasteiger partial charge is 0.243 e. The minimum atomic E-state index is -0.573. The Kier molecular flexibility index (Phi) is 10.2. The summed E-state index contributed by atoms with van der Waals surface area (Å²) >= 11 is 5.90. The van der Waals surface area contributed by atoms with Crippen molar-refractivity contribution in [1.82, 2.24) is 10.2 Å². The molecular weight excluding hydrogens is 455 g/mol. The lowest BCUT2D eigenvalue weighted by Gasteiger charge is -2.33. The molecule has 1 N–H and O–H groups in total. The fraction of sp³-hybridized carbons (Fsp3) is 0.481. The Morgan fingerprint density at radius 2 is 1.76 bits per heavy atom. The zero-order chi connectivity index (χ0) is 24.3. The molecule has 1 fully saturated rings. The highest BCUT2D eigenvalue weighted by atomic mass is 35.5. The predicted molar refractivity (Wildman–Crippen MR) is 132 cm³/mol. The molecule has 0 aliphatic heterocycles. The van der Waals surface area contributed by atoms with Crippen LogP contribution in [0.5, 0.6) is 5.75 Å². The van der Waals surface area contributed by atoms with Crippen LogP contribution in [0, 0.1) is 5.82 Å². The molecule has 1 aliphatic rings. The number of rotatable bonds is 11. The van der Waals surface area contributed by atoms with Crippen LogP contribution >= 0.6 is 11.6 Å². The SMILES string of the molecule is CCC(C(=O)NC1CCCCC1)N(Cc1ccc(F)cc1)C(=O)CCCOc1ccc(Cl)cc1. The van der Waals surface area contributed by atoms with E-state index in [1.807, 2.05) is 6.92 Å². The van der Waals surface area contributed by atoms with E-state index in [0.29, 0.717) is 30.2 Å². The first kappa shape index (κ1) is 26.0. The largest absolute Gasteiger partial charge is 0.494 e. The van der Waals surface area contributed by atoms with Gasteiger partial charge < -0.3 is 15.0 Å². The molecule has 1 atom stereocenters. The molecule has 0 saturated heterocycles. The highest BCUT2D eigenvalue weighted by molar-refractivity contribution is 6.30. The van der Waals surface area contributed by atoms with Crippen molar-refractivity contribution >= 4 is 23.4 Å². The van der Waals surface area contributed by atoms with E-state index >= 15 is 0 Å². The van der Waals surface area contributed by atoms with E-state index in [0.717, 1.165) is 31.2 Å². The Morgan fingerprint density at radius 3 is 2.41 bits per heavy atom. The summed E-state index contributed by atoms with van der Waals surface area (Å²) < 4.78 is 19.1. The normalized spacial score (nSPS) is 14.9. The van der Waals surface area contributed by atoms with Crippen molar-refractivity contribution in [3.8, 4) is 5.75 Å². The zero-order valence-corrected chi connectivity index (χ0v) is 20.5. The minimum Gasteiger partial charge on any atom is -0.494 e. The summed E-state index contributed by atoms with van der Waals surface area (Å²) in [7, 11) is 0. The third-order valence-corrected chi connectivity index (χ3v) is 6.47. The van der Waals surface area contributed by atoms with E-state index in [9.17, 15) is 14.0 Å². The molecule has 1 saturated carbocycles. The first-order valence-electron chi connectivity index (χ1n) is 12.2. The van der Waals surface area contributed by atoms with Crippen molar-refractivity contribution in [1.29, 1.82) is 0 Å². The van der Waals surface area contributed by atoms with Gasteiger partial charge in [0, 0.05) is 24.0 Å². The van der Waals surface area contributed by atoms with Crippen molar-refractivity contribution in [3.05, 3.63) is 64.9 Å². The van der Waals surface area contributed by atoms with E-state index in [2.05, 4.69) is 5.32 Å². The van der Waals surface area contributed by atoms with E-state index in [-0.39, 0.29) is 36.6 Å². The lowest BCUT2D eigenvalue weighted by atomic mass is 9.95. The van der Waals surface area contributed by atoms with Crippen molar-refractivity contribution in [2.24, 2.45) is 0 Å². The van der Waals surface area contributed by atoms with Gasteiger partial charge in [0.2, 0.25) is 11.8 Å². The number of nitrogens with zero attached hydrogens (tertiary/aromatic N) is 1. The van der Waals surface area contributed by atoms with Gasteiger partial charge >= 0.3 is 0 Å². The number of hydrogen-bond donors (Lipinski definition) is 1. The Balaban J connectivity index is 1.63. The van der Waals surface area contributed by atoms with Crippen LogP contribution in [0.25, 0.3) is 0 Å². The fourth-order valence-electron chi connectivity index (χ4n) is 4.34. The van der Waals surface area contributed by atoms with E-state index < -0.39 is 6.04 Å². The molecule has 1 aliphatic carbocycles. The fourth-order valence-corrected chi connectivity index (χ4v) is 4.46. The first-order valence-corrected chi connectivity index (χ1v) is 12.6. The maximum atomic E-state index is 13.4. The molecule has 1 unspecified atom stereocenters. The number of nitrogens with one attached hydrogen (secondary N) is 1. The Labute approximate surface area is 206 Å². The summed E-state index contributed by atoms with van der Waals surface area (Å²) in [6.45, 7) is 2.55. The second-order valence-electron chi connectivity index (χ2n) is 8.82. The molecule has 0 bridgehead atoms. The van der Waals surface area contributed by atoms with E-state index in [1.54, 1.807) is 41.3 Å². The molecule has 7 heteroatoms. The monoisotopic (exact) mass is 488 g/mol. The van der Waals surface area contributed by atoms with Crippen molar-refractivity contribution in [3.63, 3.8) is 0 Å². The quantitative estimate of drug-likeness (QED) is 0.401. The van der Waals surface area contributed by atoms with E-state index in [1.165, 1.54) is 18.6 Å². The number of halogens is 2. The highest BCUT2D eigenvalue weighted by Gasteiger charge is 2.30. The molecule has 0 heterocycles. The van der Waals surface area contributed by atoms with Gasteiger partial charge in [-0.15, -0.1) is 0 Å². The number of ether oxygens (including phenoxy) is 1. The number of benzene rings is 2. The highest BCUT2D eigenvalue weighted by Crippen LogP contribution is 2.20. The van der Waals surface area contributed by atoms with Crippen molar-refractivity contribution < 1.29 is 18.7 Å². The Morgan fingerprint density at radius 1 is 1.09 bits per heavy atom. The van der Waals surface area contributed by atoms with Crippen LogP contribution in [-0.2, 0) is 16.1 Å². The topological polar surface area (TPSA) is 58.6 Å². The Hall–Kier alpha value is -2.60. The number of carbonyl (C=O) groups excluding carboxylic acids is 2. The number of hydrogen-bond acceptors (Lipinski definition) is 3. The molecule has 184 valence electrons. The predicted octanol–water partition coefficient (Wildman–Crippen LogP) is 5.89. The van der Waals surface area contributed by atoms with Gasteiger partial charge in [-0.05, 0) is 67.6 Å². The van der Waals surface area contributed by atoms with Gasteiger partial charge in [-0.1, -0.05) is 49.9 Å². The Bertz CT molecular complexity index is 914. The van der Waals surface area contributed by atoms with Gasteiger partial charge in [0.15, 0.2) is 0 Å². The second-order valence-corrected chi connectivity index (χ2v) is 9.26. The van der Waals surface area contributed by atoms with Gasteiger partial charge in [0.1, 0.15) is 17.6 Å². The summed E-state index contributed by atoms with van der Waals surface area (Å²) in [5.41, 5.74) is 0.788. The molecule has 3 rings (SSSR count). The molecule has 34 heavy (non-hydrogen) atoms. The number of amides is 2. The van der Waals surface area contributed by atoms with E-state index in [4.69, 9.17) is 16.3 Å². The molecule has 0 radical (unpaired) electrons. The molecule has 2 aromatic carbocycles. The lowest BCUT2D eigenvalue weighted by Crippen LogP contribution is -2.51. The van der Waals surface area contributed by atoms with Crippen LogP contribution in [0.4, 0.5) is 4.39 Å². The van der Waals surface area contributed by atoms with Crippen LogP contribution in [0.2, 0.25) is 5.02 Å². The summed E-state index contributed by atoms with van der Waals surface area (Å²) in [5.74, 6) is 0.137. The maximum Gasteiger partial charge on any atom is 0.243 e. The van der Waals surface area contributed by atoms with Crippen LogP contribution in [0.15, 0.2) is 48.5 Å². The van der Waals surface area contributed by atoms with Crippen LogP contribution in [0.1, 0.15) is 63.9 Å². The van der Waals surface area contributed by atoms with Gasteiger partial charge in [-0.3, -0.25) is 9.59 Å². The minimum absolute atomic E-state index is 0.109.